The Morgan fingerprint density at radius 3 is 2.56 bits per heavy atom. The first-order valence-electron chi connectivity index (χ1n) is 8.53. The van der Waals surface area contributed by atoms with Crippen LogP contribution in [0.4, 0.5) is 5.69 Å². The Morgan fingerprint density at radius 2 is 1.92 bits per heavy atom. The lowest BCUT2D eigenvalue weighted by Gasteiger charge is -2.15. The third-order valence-electron chi connectivity index (χ3n) is 4.22. The van der Waals surface area contributed by atoms with Crippen molar-refractivity contribution >= 4 is 17.3 Å². The maximum atomic E-state index is 12.2. The highest BCUT2D eigenvalue weighted by Crippen LogP contribution is 2.19. The molecule has 0 bridgehead atoms. The fourth-order valence-electron chi connectivity index (χ4n) is 2.82. The molecule has 1 aliphatic heterocycles. The largest absolute Gasteiger partial charge is 0.391 e. The monoisotopic (exact) mass is 337 g/mol. The van der Waals surface area contributed by atoms with Crippen molar-refractivity contribution in [3.63, 3.8) is 0 Å². The van der Waals surface area contributed by atoms with Crippen molar-refractivity contribution in [2.24, 2.45) is 5.10 Å². The first kappa shape index (κ1) is 17.2. The standard InChI is InChI=1S/C20H23N3O2/c1-15-11-12-23(22-15)18-9-7-17(8-10-18)20(25)21-14-19(24)13-16-5-3-2-4-6-16/h2-10,19,24H,11-14H2,1H3,(H,21,25). The zero-order valence-electron chi connectivity index (χ0n) is 14.4. The molecule has 25 heavy (non-hydrogen) atoms. The Kier molecular flexibility index (Phi) is 5.46. The van der Waals surface area contributed by atoms with Crippen molar-refractivity contribution in [1.29, 1.82) is 0 Å². The first-order chi connectivity index (χ1) is 12.1. The molecule has 5 heteroatoms. The van der Waals surface area contributed by atoms with Crippen LogP contribution in [0.5, 0.6) is 0 Å². The van der Waals surface area contributed by atoms with Gasteiger partial charge in [-0.05, 0) is 36.8 Å². The number of aliphatic hydroxyl groups is 1. The summed E-state index contributed by atoms with van der Waals surface area (Å²) in [4.78, 5) is 12.2. The Balaban J connectivity index is 1.51. The first-order valence-corrected chi connectivity index (χ1v) is 8.53. The predicted octanol–water partition coefficient (Wildman–Crippen LogP) is 2.61. The molecule has 1 heterocycles. The van der Waals surface area contributed by atoms with Crippen LogP contribution in [0.2, 0.25) is 0 Å². The summed E-state index contributed by atoms with van der Waals surface area (Å²) in [6, 6.07) is 17.1. The van der Waals surface area contributed by atoms with E-state index in [1.165, 1.54) is 0 Å². The smallest absolute Gasteiger partial charge is 0.251 e. The van der Waals surface area contributed by atoms with Gasteiger partial charge in [0.1, 0.15) is 0 Å². The number of carbonyl (C=O) groups is 1. The molecule has 3 rings (SSSR count). The summed E-state index contributed by atoms with van der Waals surface area (Å²) in [7, 11) is 0. The minimum absolute atomic E-state index is 0.181. The van der Waals surface area contributed by atoms with Crippen LogP contribution in [0, 0.1) is 0 Å². The van der Waals surface area contributed by atoms with E-state index < -0.39 is 6.10 Å². The van der Waals surface area contributed by atoms with Crippen molar-refractivity contribution in [3.05, 3.63) is 65.7 Å². The number of amides is 1. The van der Waals surface area contributed by atoms with Gasteiger partial charge in [0.05, 0.1) is 11.8 Å². The summed E-state index contributed by atoms with van der Waals surface area (Å²) in [5.41, 5.74) is 3.73. The molecule has 130 valence electrons. The molecule has 2 aromatic carbocycles. The van der Waals surface area contributed by atoms with Crippen LogP contribution in [0.1, 0.15) is 29.3 Å². The van der Waals surface area contributed by atoms with E-state index in [0.717, 1.165) is 29.9 Å². The summed E-state index contributed by atoms with van der Waals surface area (Å²) in [6.45, 7) is 3.12. The van der Waals surface area contributed by atoms with Crippen LogP contribution >= 0.6 is 0 Å². The summed E-state index contributed by atoms with van der Waals surface area (Å²) in [5.74, 6) is -0.181. The molecule has 2 N–H and O–H groups in total. The van der Waals surface area contributed by atoms with Gasteiger partial charge in [0.15, 0.2) is 0 Å². The Morgan fingerprint density at radius 1 is 1.20 bits per heavy atom. The number of hydrazone groups is 1. The molecule has 1 atom stereocenters. The number of hydrogen-bond donors (Lipinski definition) is 2. The van der Waals surface area contributed by atoms with Gasteiger partial charge in [-0.25, -0.2) is 0 Å². The van der Waals surface area contributed by atoms with Crippen molar-refractivity contribution in [3.8, 4) is 0 Å². The summed E-state index contributed by atoms with van der Waals surface area (Å²) in [5, 5.41) is 19.3. The highest BCUT2D eigenvalue weighted by molar-refractivity contribution is 5.94. The van der Waals surface area contributed by atoms with Gasteiger partial charge in [-0.3, -0.25) is 9.80 Å². The Hall–Kier alpha value is -2.66. The van der Waals surface area contributed by atoms with Gasteiger partial charge >= 0.3 is 0 Å². The fourth-order valence-corrected chi connectivity index (χ4v) is 2.82. The van der Waals surface area contributed by atoms with Gasteiger partial charge in [0.2, 0.25) is 0 Å². The van der Waals surface area contributed by atoms with E-state index in [1.807, 2.05) is 54.4 Å². The van der Waals surface area contributed by atoms with E-state index in [4.69, 9.17) is 0 Å². The molecule has 0 saturated heterocycles. The fraction of sp³-hybridized carbons (Fsp3) is 0.300. The zero-order chi connectivity index (χ0) is 17.6. The van der Waals surface area contributed by atoms with Crippen molar-refractivity contribution in [1.82, 2.24) is 5.32 Å². The third kappa shape index (κ3) is 4.67. The molecule has 1 aliphatic rings. The highest BCUT2D eigenvalue weighted by Gasteiger charge is 2.14. The van der Waals surface area contributed by atoms with Crippen LogP contribution in [0.25, 0.3) is 0 Å². The topological polar surface area (TPSA) is 64.9 Å². The van der Waals surface area contributed by atoms with E-state index in [9.17, 15) is 9.90 Å². The van der Waals surface area contributed by atoms with Crippen molar-refractivity contribution < 1.29 is 9.90 Å². The number of hydrogen-bond acceptors (Lipinski definition) is 4. The number of anilines is 1. The molecular weight excluding hydrogens is 314 g/mol. The Labute approximate surface area is 148 Å². The molecule has 1 amide bonds. The third-order valence-corrected chi connectivity index (χ3v) is 4.22. The van der Waals surface area contributed by atoms with E-state index in [1.54, 1.807) is 12.1 Å². The predicted molar refractivity (Wildman–Crippen MR) is 100 cm³/mol. The minimum Gasteiger partial charge on any atom is -0.391 e. The van der Waals surface area contributed by atoms with Crippen LogP contribution in [-0.2, 0) is 6.42 Å². The molecule has 0 fully saturated rings. The van der Waals surface area contributed by atoms with Crippen LogP contribution < -0.4 is 10.3 Å². The number of rotatable bonds is 6. The van der Waals surface area contributed by atoms with E-state index in [2.05, 4.69) is 10.4 Å². The molecule has 0 saturated carbocycles. The minimum atomic E-state index is -0.604. The van der Waals surface area contributed by atoms with Gasteiger partial charge in [-0.15, -0.1) is 0 Å². The number of carbonyl (C=O) groups excluding carboxylic acids is 1. The second-order valence-corrected chi connectivity index (χ2v) is 6.31. The lowest BCUT2D eigenvalue weighted by Crippen LogP contribution is -2.33. The normalized spacial score (nSPS) is 15.0. The number of benzene rings is 2. The quantitative estimate of drug-likeness (QED) is 0.851. The highest BCUT2D eigenvalue weighted by atomic mass is 16.3. The summed E-state index contributed by atoms with van der Waals surface area (Å²) >= 11 is 0. The summed E-state index contributed by atoms with van der Waals surface area (Å²) < 4.78 is 0. The lowest BCUT2D eigenvalue weighted by molar-refractivity contribution is 0.0916. The number of nitrogens with one attached hydrogen (secondary N) is 1. The molecule has 2 aromatic rings. The van der Waals surface area contributed by atoms with Crippen LogP contribution in [-0.4, -0.2) is 35.9 Å². The maximum Gasteiger partial charge on any atom is 0.251 e. The molecular formula is C20H23N3O2. The second kappa shape index (κ2) is 7.94. The van der Waals surface area contributed by atoms with Gasteiger partial charge < -0.3 is 10.4 Å². The SMILES string of the molecule is CC1=NN(c2ccc(C(=O)NCC(O)Cc3ccccc3)cc2)CC1. The van der Waals surface area contributed by atoms with E-state index in [0.29, 0.717) is 12.0 Å². The van der Waals surface area contributed by atoms with Gasteiger partial charge in [-0.2, -0.15) is 5.10 Å². The van der Waals surface area contributed by atoms with E-state index in [-0.39, 0.29) is 12.5 Å². The number of nitrogens with zero attached hydrogens (tertiary/aromatic N) is 2. The molecule has 5 nitrogen and oxygen atoms in total. The number of aliphatic hydroxyl groups excluding tert-OH is 1. The van der Waals surface area contributed by atoms with Crippen molar-refractivity contribution in [2.75, 3.05) is 18.1 Å². The second-order valence-electron chi connectivity index (χ2n) is 6.31. The van der Waals surface area contributed by atoms with Crippen LogP contribution in [0.3, 0.4) is 0 Å². The molecule has 0 aliphatic carbocycles. The van der Waals surface area contributed by atoms with Crippen molar-refractivity contribution in [2.45, 2.75) is 25.9 Å². The van der Waals surface area contributed by atoms with E-state index >= 15 is 0 Å². The average Bonchev–Trinajstić information content (AvgIpc) is 3.07. The zero-order valence-corrected chi connectivity index (χ0v) is 14.4. The average molecular weight is 337 g/mol. The van der Waals surface area contributed by atoms with Gasteiger partial charge in [0, 0.05) is 37.2 Å². The van der Waals surface area contributed by atoms with Crippen LogP contribution in [0.15, 0.2) is 59.7 Å². The summed E-state index contributed by atoms with van der Waals surface area (Å²) in [6.07, 6.45) is 0.890. The maximum absolute atomic E-state index is 12.2. The lowest BCUT2D eigenvalue weighted by atomic mass is 10.1. The van der Waals surface area contributed by atoms with Gasteiger partial charge in [-0.1, -0.05) is 30.3 Å². The molecule has 0 spiro atoms. The Bertz CT molecular complexity index is 741. The van der Waals surface area contributed by atoms with Gasteiger partial charge in [0.25, 0.3) is 5.91 Å². The molecule has 0 radical (unpaired) electrons. The molecule has 1 unspecified atom stereocenters. The molecule has 0 aromatic heterocycles.